The lowest BCUT2D eigenvalue weighted by Crippen LogP contribution is -1.92. The first-order chi connectivity index (χ1) is 7.67. The summed E-state index contributed by atoms with van der Waals surface area (Å²) in [6.45, 7) is 2.73. The molecule has 2 aromatic rings. The molecular formula is C11H12FN3O. The van der Waals surface area contributed by atoms with Crippen molar-refractivity contribution in [3.05, 3.63) is 36.4 Å². The van der Waals surface area contributed by atoms with Crippen molar-refractivity contribution in [2.24, 2.45) is 0 Å². The minimum Gasteiger partial charge on any atom is -0.454 e. The van der Waals surface area contributed by atoms with Gasteiger partial charge in [-0.25, -0.2) is 4.39 Å². The maximum absolute atomic E-state index is 13.0. The van der Waals surface area contributed by atoms with Crippen LogP contribution in [0.2, 0.25) is 0 Å². The maximum atomic E-state index is 13.0. The van der Waals surface area contributed by atoms with E-state index in [1.54, 1.807) is 23.1 Å². The Balaban J connectivity index is 2.19. The summed E-state index contributed by atoms with van der Waals surface area (Å²) in [5.74, 6) is 0.512. The van der Waals surface area contributed by atoms with Crippen LogP contribution in [0.3, 0.4) is 0 Å². The number of hydrogen-bond acceptors (Lipinski definition) is 3. The van der Waals surface area contributed by atoms with Crippen LogP contribution in [-0.2, 0) is 6.54 Å². The van der Waals surface area contributed by atoms with Gasteiger partial charge in [0.25, 0.3) is 0 Å². The maximum Gasteiger partial charge on any atom is 0.165 e. The van der Waals surface area contributed by atoms with Crippen molar-refractivity contribution in [3.8, 4) is 11.5 Å². The van der Waals surface area contributed by atoms with Gasteiger partial charge in [-0.3, -0.25) is 4.68 Å². The Morgan fingerprint density at radius 1 is 1.38 bits per heavy atom. The molecule has 0 amide bonds. The van der Waals surface area contributed by atoms with Gasteiger partial charge < -0.3 is 10.5 Å². The fourth-order valence-electron chi connectivity index (χ4n) is 1.35. The molecule has 84 valence electrons. The third-order valence-electron chi connectivity index (χ3n) is 2.06. The molecular weight excluding hydrogens is 209 g/mol. The first-order valence-corrected chi connectivity index (χ1v) is 4.94. The normalized spacial score (nSPS) is 10.4. The molecule has 0 fully saturated rings. The Labute approximate surface area is 92.4 Å². The van der Waals surface area contributed by atoms with Crippen LogP contribution in [0.5, 0.6) is 11.5 Å². The van der Waals surface area contributed by atoms with Gasteiger partial charge in [0.1, 0.15) is 11.6 Å². The number of ether oxygens (including phenoxy) is 1. The molecule has 0 bridgehead atoms. The lowest BCUT2D eigenvalue weighted by atomic mass is 10.3. The summed E-state index contributed by atoms with van der Waals surface area (Å²) < 4.78 is 20.2. The van der Waals surface area contributed by atoms with E-state index in [2.05, 4.69) is 5.10 Å². The van der Waals surface area contributed by atoms with E-state index in [1.807, 2.05) is 6.92 Å². The lowest BCUT2D eigenvalue weighted by Gasteiger charge is -2.03. The average Bonchev–Trinajstić information content (AvgIpc) is 2.64. The van der Waals surface area contributed by atoms with E-state index in [0.717, 1.165) is 6.54 Å². The molecule has 1 aromatic heterocycles. The predicted octanol–water partition coefficient (Wildman–Crippen LogP) is 2.42. The Morgan fingerprint density at radius 3 is 2.81 bits per heavy atom. The highest BCUT2D eigenvalue weighted by Gasteiger charge is 2.03. The molecule has 16 heavy (non-hydrogen) atoms. The third kappa shape index (κ3) is 2.31. The highest BCUT2D eigenvalue weighted by molar-refractivity contribution is 5.45. The molecule has 0 atom stereocenters. The van der Waals surface area contributed by atoms with Crippen molar-refractivity contribution in [2.45, 2.75) is 13.5 Å². The van der Waals surface area contributed by atoms with Gasteiger partial charge in [0.2, 0.25) is 0 Å². The number of hydrogen-bond donors (Lipinski definition) is 1. The summed E-state index contributed by atoms with van der Waals surface area (Å²) in [6, 6.07) is 4.08. The standard InChI is InChI=1S/C11H12FN3O/c1-2-15-7-11(6-14-15)16-10-4-8(12)3-9(13)5-10/h3-7H,2,13H2,1H3. The van der Waals surface area contributed by atoms with Crippen LogP contribution >= 0.6 is 0 Å². The van der Waals surface area contributed by atoms with Gasteiger partial charge in [-0.2, -0.15) is 5.10 Å². The molecule has 0 saturated heterocycles. The summed E-state index contributed by atoms with van der Waals surface area (Å²) in [5, 5.41) is 4.04. The number of rotatable bonds is 3. The fourth-order valence-corrected chi connectivity index (χ4v) is 1.35. The van der Waals surface area contributed by atoms with E-state index in [9.17, 15) is 4.39 Å². The molecule has 2 N–H and O–H groups in total. The zero-order chi connectivity index (χ0) is 11.5. The van der Waals surface area contributed by atoms with E-state index in [1.165, 1.54) is 12.1 Å². The third-order valence-corrected chi connectivity index (χ3v) is 2.06. The minimum atomic E-state index is -0.419. The van der Waals surface area contributed by atoms with Crippen molar-refractivity contribution in [2.75, 3.05) is 5.73 Å². The van der Waals surface area contributed by atoms with Crippen LogP contribution in [0.15, 0.2) is 30.6 Å². The van der Waals surface area contributed by atoms with Crippen LogP contribution in [0.1, 0.15) is 6.92 Å². The number of nitrogens with two attached hydrogens (primary N) is 1. The number of aryl methyl sites for hydroxylation is 1. The van der Waals surface area contributed by atoms with Gasteiger partial charge in [0.05, 0.1) is 12.4 Å². The Hall–Kier alpha value is -2.04. The number of aromatic nitrogens is 2. The predicted molar refractivity (Wildman–Crippen MR) is 58.8 cm³/mol. The zero-order valence-electron chi connectivity index (χ0n) is 8.85. The molecule has 0 aliphatic rings. The Morgan fingerprint density at radius 2 is 2.19 bits per heavy atom. The number of nitrogens with zero attached hydrogens (tertiary/aromatic N) is 2. The SMILES string of the molecule is CCn1cc(Oc2cc(N)cc(F)c2)cn1. The minimum absolute atomic E-state index is 0.331. The van der Waals surface area contributed by atoms with Gasteiger partial charge in [0.15, 0.2) is 5.75 Å². The summed E-state index contributed by atoms with van der Waals surface area (Å²) in [5.41, 5.74) is 5.84. The van der Waals surface area contributed by atoms with Gasteiger partial charge in [-0.05, 0) is 13.0 Å². The number of anilines is 1. The Bertz CT molecular complexity index is 475. The summed E-state index contributed by atoms with van der Waals surface area (Å²) >= 11 is 0. The van der Waals surface area contributed by atoms with Crippen molar-refractivity contribution >= 4 is 5.69 Å². The van der Waals surface area contributed by atoms with E-state index in [0.29, 0.717) is 17.2 Å². The molecule has 0 aliphatic heterocycles. The fraction of sp³-hybridized carbons (Fsp3) is 0.182. The van der Waals surface area contributed by atoms with Gasteiger partial charge >= 0.3 is 0 Å². The van der Waals surface area contributed by atoms with Crippen LogP contribution in [-0.4, -0.2) is 9.78 Å². The number of halogens is 1. The van der Waals surface area contributed by atoms with Gasteiger partial charge in [-0.1, -0.05) is 0 Å². The molecule has 1 heterocycles. The molecule has 0 unspecified atom stereocenters. The summed E-state index contributed by atoms with van der Waals surface area (Å²) in [7, 11) is 0. The molecule has 1 aromatic carbocycles. The summed E-state index contributed by atoms with van der Waals surface area (Å²) in [4.78, 5) is 0. The topological polar surface area (TPSA) is 53.1 Å². The van der Waals surface area contributed by atoms with Crippen molar-refractivity contribution < 1.29 is 9.13 Å². The number of benzene rings is 1. The molecule has 5 heteroatoms. The number of nitrogen functional groups attached to an aromatic ring is 1. The Kier molecular flexibility index (Phi) is 2.76. The largest absolute Gasteiger partial charge is 0.454 e. The first kappa shape index (κ1) is 10.5. The van der Waals surface area contributed by atoms with Crippen molar-refractivity contribution in [3.63, 3.8) is 0 Å². The molecule has 0 radical (unpaired) electrons. The first-order valence-electron chi connectivity index (χ1n) is 4.94. The van der Waals surface area contributed by atoms with Crippen molar-refractivity contribution in [1.29, 1.82) is 0 Å². The van der Waals surface area contributed by atoms with Crippen molar-refractivity contribution in [1.82, 2.24) is 9.78 Å². The van der Waals surface area contributed by atoms with Crippen LogP contribution in [0.4, 0.5) is 10.1 Å². The quantitative estimate of drug-likeness (QED) is 0.810. The van der Waals surface area contributed by atoms with Crippen LogP contribution in [0.25, 0.3) is 0 Å². The van der Waals surface area contributed by atoms with E-state index in [4.69, 9.17) is 10.5 Å². The van der Waals surface area contributed by atoms with Gasteiger partial charge in [0, 0.05) is 24.4 Å². The second-order valence-corrected chi connectivity index (χ2v) is 3.35. The zero-order valence-corrected chi connectivity index (χ0v) is 8.85. The van der Waals surface area contributed by atoms with Crippen LogP contribution < -0.4 is 10.5 Å². The highest BCUT2D eigenvalue weighted by Crippen LogP contribution is 2.23. The highest BCUT2D eigenvalue weighted by atomic mass is 19.1. The van der Waals surface area contributed by atoms with Gasteiger partial charge in [-0.15, -0.1) is 0 Å². The second-order valence-electron chi connectivity index (χ2n) is 3.35. The second kappa shape index (κ2) is 4.22. The molecule has 0 aliphatic carbocycles. The molecule has 0 spiro atoms. The summed E-state index contributed by atoms with van der Waals surface area (Å²) in [6.07, 6.45) is 3.31. The molecule has 0 saturated carbocycles. The van der Waals surface area contributed by atoms with E-state index >= 15 is 0 Å². The monoisotopic (exact) mass is 221 g/mol. The smallest absolute Gasteiger partial charge is 0.165 e. The average molecular weight is 221 g/mol. The van der Waals surface area contributed by atoms with E-state index < -0.39 is 5.82 Å². The molecule has 2 rings (SSSR count). The van der Waals surface area contributed by atoms with Crippen LogP contribution in [0, 0.1) is 5.82 Å². The lowest BCUT2D eigenvalue weighted by molar-refractivity contribution is 0.476. The molecule has 4 nitrogen and oxygen atoms in total. The van der Waals surface area contributed by atoms with E-state index in [-0.39, 0.29) is 0 Å².